The van der Waals surface area contributed by atoms with E-state index in [0.29, 0.717) is 5.56 Å². The van der Waals surface area contributed by atoms with Crippen molar-refractivity contribution in [2.75, 3.05) is 6.54 Å². The van der Waals surface area contributed by atoms with Crippen LogP contribution in [0.4, 0.5) is 4.79 Å². The van der Waals surface area contributed by atoms with E-state index >= 15 is 0 Å². The number of alkyl carbamates (subject to hydrolysis) is 1. The number of hydrogen-bond acceptors (Lipinski definition) is 5. The average Bonchev–Trinajstić information content (AvgIpc) is 2.57. The largest absolute Gasteiger partial charge is 0.445 e. The number of nitrogens with zero attached hydrogens (tertiary/aromatic N) is 1. The molecule has 0 bridgehead atoms. The van der Waals surface area contributed by atoms with Crippen LogP contribution >= 0.6 is 0 Å². The van der Waals surface area contributed by atoms with Gasteiger partial charge in [-0.15, -0.1) is 0 Å². The Balaban J connectivity index is 1.81. The van der Waals surface area contributed by atoms with Crippen molar-refractivity contribution in [2.45, 2.75) is 32.7 Å². The van der Waals surface area contributed by atoms with Crippen LogP contribution in [-0.4, -0.2) is 33.9 Å². The molecule has 128 valence electrons. The molecule has 0 saturated carbocycles. The number of hydrogen-bond donors (Lipinski definition) is 3. The summed E-state index contributed by atoms with van der Waals surface area (Å²) in [5, 5.41) is 22.7. The smallest absolute Gasteiger partial charge is 0.407 e. The van der Waals surface area contributed by atoms with Crippen LogP contribution in [0.3, 0.4) is 0 Å². The lowest BCUT2D eigenvalue weighted by atomic mass is 10.0. The van der Waals surface area contributed by atoms with Gasteiger partial charge in [-0.3, -0.25) is 4.98 Å². The van der Waals surface area contributed by atoms with Gasteiger partial charge >= 0.3 is 6.09 Å². The summed E-state index contributed by atoms with van der Waals surface area (Å²) in [5.41, 5.74) is 2.95. The molecule has 2 atom stereocenters. The van der Waals surface area contributed by atoms with Crippen molar-refractivity contribution in [2.24, 2.45) is 0 Å². The van der Waals surface area contributed by atoms with Gasteiger partial charge in [0.1, 0.15) is 18.8 Å². The number of ether oxygens (including phenoxy) is 1. The maximum atomic E-state index is 11.7. The molecule has 0 aliphatic carbocycles. The van der Waals surface area contributed by atoms with Crippen molar-refractivity contribution in [1.29, 1.82) is 0 Å². The lowest BCUT2D eigenvalue weighted by Crippen LogP contribution is -2.35. The second-order valence-electron chi connectivity index (χ2n) is 5.64. The highest BCUT2D eigenvalue weighted by Crippen LogP contribution is 2.18. The fraction of sp³-hybridized carbons (Fsp3) is 0.333. The van der Waals surface area contributed by atoms with Gasteiger partial charge in [-0.25, -0.2) is 4.79 Å². The number of aryl methyl sites for hydroxylation is 2. The summed E-state index contributed by atoms with van der Waals surface area (Å²) in [6.45, 7) is 3.66. The van der Waals surface area contributed by atoms with E-state index in [1.807, 2.05) is 44.2 Å². The Kier molecular flexibility index (Phi) is 6.28. The molecule has 0 aliphatic rings. The molecule has 0 aliphatic heterocycles. The first-order chi connectivity index (χ1) is 11.5. The van der Waals surface area contributed by atoms with Crippen molar-refractivity contribution in [3.05, 3.63) is 65.0 Å². The molecular formula is C18H22N2O4. The first-order valence-electron chi connectivity index (χ1n) is 7.71. The minimum atomic E-state index is -1.14. The van der Waals surface area contributed by atoms with E-state index in [-0.39, 0.29) is 13.2 Å². The zero-order valence-corrected chi connectivity index (χ0v) is 13.8. The molecule has 0 radical (unpaired) electrons. The van der Waals surface area contributed by atoms with Crippen LogP contribution in [0, 0.1) is 13.8 Å². The minimum absolute atomic E-state index is 0.116. The molecule has 0 spiro atoms. The summed E-state index contributed by atoms with van der Waals surface area (Å²) < 4.78 is 5.05. The fourth-order valence-corrected chi connectivity index (χ4v) is 2.33. The molecule has 0 saturated heterocycles. The highest BCUT2D eigenvalue weighted by molar-refractivity contribution is 5.67. The van der Waals surface area contributed by atoms with Gasteiger partial charge in [0.2, 0.25) is 0 Å². The van der Waals surface area contributed by atoms with Crippen molar-refractivity contribution in [3.63, 3.8) is 0 Å². The van der Waals surface area contributed by atoms with Crippen LogP contribution in [0.2, 0.25) is 0 Å². The topological polar surface area (TPSA) is 91.7 Å². The van der Waals surface area contributed by atoms with Gasteiger partial charge in [0.25, 0.3) is 0 Å². The second kappa shape index (κ2) is 8.42. The van der Waals surface area contributed by atoms with Crippen molar-refractivity contribution >= 4 is 6.09 Å². The van der Waals surface area contributed by atoms with Crippen LogP contribution in [0.25, 0.3) is 0 Å². The van der Waals surface area contributed by atoms with Crippen LogP contribution < -0.4 is 5.32 Å². The molecule has 2 rings (SSSR count). The quantitative estimate of drug-likeness (QED) is 0.754. The predicted octanol–water partition coefficient (Wildman–Crippen LogP) is 2.02. The minimum Gasteiger partial charge on any atom is -0.445 e. The van der Waals surface area contributed by atoms with Gasteiger partial charge in [0.05, 0.1) is 0 Å². The number of aliphatic hydroxyl groups is 2. The van der Waals surface area contributed by atoms with E-state index in [1.54, 1.807) is 12.1 Å². The number of amides is 1. The lowest BCUT2D eigenvalue weighted by molar-refractivity contribution is 0.0183. The monoisotopic (exact) mass is 330 g/mol. The summed E-state index contributed by atoms with van der Waals surface area (Å²) in [7, 11) is 0. The average molecular weight is 330 g/mol. The third kappa shape index (κ3) is 5.33. The number of aliphatic hydroxyl groups excluding tert-OH is 2. The Morgan fingerprint density at radius 3 is 2.42 bits per heavy atom. The highest BCUT2D eigenvalue weighted by atomic mass is 16.5. The maximum absolute atomic E-state index is 11.7. The Hall–Kier alpha value is -2.44. The van der Waals surface area contributed by atoms with Crippen molar-refractivity contribution in [3.8, 4) is 0 Å². The van der Waals surface area contributed by atoms with E-state index in [4.69, 9.17) is 4.74 Å². The molecule has 24 heavy (non-hydrogen) atoms. The Bertz CT molecular complexity index is 656. The van der Waals surface area contributed by atoms with Crippen molar-refractivity contribution in [1.82, 2.24) is 10.3 Å². The zero-order valence-electron chi connectivity index (χ0n) is 13.8. The molecule has 1 amide bonds. The van der Waals surface area contributed by atoms with Gasteiger partial charge in [0.15, 0.2) is 0 Å². The second-order valence-corrected chi connectivity index (χ2v) is 5.64. The summed E-state index contributed by atoms with van der Waals surface area (Å²) >= 11 is 0. The van der Waals surface area contributed by atoms with E-state index in [1.165, 1.54) is 0 Å². The van der Waals surface area contributed by atoms with E-state index < -0.39 is 18.3 Å². The molecule has 1 aromatic heterocycles. The number of carbonyl (C=O) groups is 1. The zero-order chi connectivity index (χ0) is 17.5. The Labute approximate surface area is 141 Å². The molecule has 2 unspecified atom stereocenters. The van der Waals surface area contributed by atoms with E-state index in [2.05, 4.69) is 10.3 Å². The first kappa shape index (κ1) is 17.9. The molecule has 1 heterocycles. The van der Waals surface area contributed by atoms with Gasteiger partial charge in [-0.1, -0.05) is 30.3 Å². The molecule has 6 heteroatoms. The summed E-state index contributed by atoms with van der Waals surface area (Å²) in [4.78, 5) is 15.9. The van der Waals surface area contributed by atoms with Crippen LogP contribution in [0.5, 0.6) is 0 Å². The third-order valence-electron chi connectivity index (χ3n) is 3.48. The molecule has 3 N–H and O–H groups in total. The predicted molar refractivity (Wildman–Crippen MR) is 89.3 cm³/mol. The van der Waals surface area contributed by atoms with Crippen LogP contribution in [0.1, 0.15) is 28.6 Å². The lowest BCUT2D eigenvalue weighted by Gasteiger charge is -2.19. The number of nitrogens with one attached hydrogen (secondary N) is 1. The summed E-state index contributed by atoms with van der Waals surface area (Å²) in [5.74, 6) is 0. The van der Waals surface area contributed by atoms with Gasteiger partial charge in [-0.05, 0) is 37.1 Å². The molecule has 1 aromatic carbocycles. The fourth-order valence-electron chi connectivity index (χ4n) is 2.33. The number of pyridine rings is 1. The van der Waals surface area contributed by atoms with E-state index in [0.717, 1.165) is 17.0 Å². The number of carbonyl (C=O) groups excluding carboxylic acids is 1. The van der Waals surface area contributed by atoms with Gasteiger partial charge in [-0.2, -0.15) is 0 Å². The van der Waals surface area contributed by atoms with Gasteiger partial charge < -0.3 is 20.3 Å². The molecule has 0 fully saturated rings. The standard InChI is InChI=1S/C18H22N2O4/c1-12-8-15(9-13(2)20-12)17(22)16(21)10-19-18(23)24-11-14-6-4-3-5-7-14/h3-9,16-17,21-22H,10-11H2,1-2H3,(H,19,23). The SMILES string of the molecule is Cc1cc(C(O)C(O)CNC(=O)OCc2ccccc2)cc(C)n1. The summed E-state index contributed by atoms with van der Waals surface area (Å²) in [6, 6.07) is 12.7. The highest BCUT2D eigenvalue weighted by Gasteiger charge is 2.20. The van der Waals surface area contributed by atoms with Crippen molar-refractivity contribution < 1.29 is 19.7 Å². The molecule has 2 aromatic rings. The normalized spacial score (nSPS) is 13.2. The van der Waals surface area contributed by atoms with Gasteiger partial charge in [0, 0.05) is 17.9 Å². The first-order valence-corrected chi connectivity index (χ1v) is 7.71. The third-order valence-corrected chi connectivity index (χ3v) is 3.48. The number of benzene rings is 1. The van der Waals surface area contributed by atoms with Crippen LogP contribution in [0.15, 0.2) is 42.5 Å². The molecule has 6 nitrogen and oxygen atoms in total. The number of rotatable bonds is 6. The Morgan fingerprint density at radius 1 is 1.17 bits per heavy atom. The number of aromatic nitrogens is 1. The van der Waals surface area contributed by atoms with E-state index in [9.17, 15) is 15.0 Å². The van der Waals surface area contributed by atoms with Crippen LogP contribution in [-0.2, 0) is 11.3 Å². The summed E-state index contributed by atoms with van der Waals surface area (Å²) in [6.07, 6.45) is -2.90. The molecular weight excluding hydrogens is 308 g/mol. The Morgan fingerprint density at radius 2 is 1.79 bits per heavy atom. The maximum Gasteiger partial charge on any atom is 0.407 e.